The highest BCUT2D eigenvalue weighted by Gasteiger charge is 2.21. The van der Waals surface area contributed by atoms with E-state index in [4.69, 9.17) is 17.3 Å². The number of carbonyl (C=O) groups is 1. The van der Waals surface area contributed by atoms with E-state index in [1.165, 1.54) is 0 Å². The van der Waals surface area contributed by atoms with Crippen molar-refractivity contribution in [1.82, 2.24) is 0 Å². The van der Waals surface area contributed by atoms with E-state index in [1.54, 1.807) is 0 Å². The molecule has 0 amide bonds. The standard InChI is InChI=1S/C9H8ClF2NO2/c10-8-4(11)3-6(15)7(9(8)12)5(14)1-2-13/h3,15H,1-2,13H2. The molecule has 1 aromatic rings. The summed E-state index contributed by atoms with van der Waals surface area (Å²) >= 11 is 5.25. The monoisotopic (exact) mass is 235 g/mol. The van der Waals surface area contributed by atoms with Gasteiger partial charge in [-0.3, -0.25) is 4.79 Å². The number of hydrogen-bond donors (Lipinski definition) is 2. The van der Waals surface area contributed by atoms with Gasteiger partial charge < -0.3 is 10.8 Å². The van der Waals surface area contributed by atoms with Crippen LogP contribution in [0.5, 0.6) is 5.75 Å². The number of phenolic OH excluding ortho intramolecular Hbond substituents is 1. The van der Waals surface area contributed by atoms with Gasteiger partial charge in [0.2, 0.25) is 0 Å². The molecule has 6 heteroatoms. The quantitative estimate of drug-likeness (QED) is 0.621. The molecule has 0 saturated heterocycles. The van der Waals surface area contributed by atoms with E-state index in [0.717, 1.165) is 0 Å². The second-order valence-corrected chi connectivity index (χ2v) is 3.22. The van der Waals surface area contributed by atoms with E-state index in [-0.39, 0.29) is 13.0 Å². The number of halogens is 3. The number of ketones is 1. The molecule has 3 N–H and O–H groups in total. The van der Waals surface area contributed by atoms with Crippen LogP contribution in [-0.2, 0) is 0 Å². The van der Waals surface area contributed by atoms with Gasteiger partial charge in [-0.05, 0) is 6.54 Å². The molecule has 0 unspecified atom stereocenters. The van der Waals surface area contributed by atoms with Crippen LogP contribution in [0.25, 0.3) is 0 Å². The Morgan fingerprint density at radius 2 is 2.13 bits per heavy atom. The predicted octanol–water partition coefficient (Wildman–Crippen LogP) is 1.86. The summed E-state index contributed by atoms with van der Waals surface area (Å²) in [6.45, 7) is 0.00666. The molecule has 3 nitrogen and oxygen atoms in total. The van der Waals surface area contributed by atoms with Gasteiger partial charge in [-0.15, -0.1) is 0 Å². The second kappa shape index (κ2) is 4.55. The van der Waals surface area contributed by atoms with E-state index in [2.05, 4.69) is 0 Å². The minimum absolute atomic E-state index is 0.00666. The molecule has 0 heterocycles. The molecule has 0 spiro atoms. The van der Waals surface area contributed by atoms with Gasteiger partial charge in [-0.1, -0.05) is 11.6 Å². The number of hydrogen-bond acceptors (Lipinski definition) is 3. The van der Waals surface area contributed by atoms with Gasteiger partial charge in [0.15, 0.2) is 11.6 Å². The minimum atomic E-state index is -1.26. The Kier molecular flexibility index (Phi) is 3.60. The summed E-state index contributed by atoms with van der Waals surface area (Å²) in [4.78, 5) is 11.3. The van der Waals surface area contributed by atoms with Crippen LogP contribution < -0.4 is 5.73 Å². The first-order valence-corrected chi connectivity index (χ1v) is 4.46. The highest BCUT2D eigenvalue weighted by molar-refractivity contribution is 6.31. The van der Waals surface area contributed by atoms with Crippen molar-refractivity contribution in [2.24, 2.45) is 5.73 Å². The zero-order valence-electron chi connectivity index (χ0n) is 7.56. The molecule has 0 aromatic heterocycles. The molecule has 0 aliphatic carbocycles. The molecule has 0 saturated carbocycles. The topological polar surface area (TPSA) is 63.3 Å². The fourth-order valence-corrected chi connectivity index (χ4v) is 1.25. The molecular formula is C9H8ClF2NO2. The van der Waals surface area contributed by atoms with E-state index in [9.17, 15) is 18.7 Å². The molecule has 82 valence electrons. The number of benzene rings is 1. The van der Waals surface area contributed by atoms with Gasteiger partial charge in [0.25, 0.3) is 0 Å². The van der Waals surface area contributed by atoms with Gasteiger partial charge in [0.05, 0.1) is 5.56 Å². The first kappa shape index (κ1) is 11.9. The van der Waals surface area contributed by atoms with Crippen molar-refractivity contribution in [3.8, 4) is 5.75 Å². The summed E-state index contributed by atoms with van der Waals surface area (Å²) in [6, 6.07) is 0.592. The zero-order valence-corrected chi connectivity index (χ0v) is 8.31. The Balaban J connectivity index is 3.29. The number of Topliss-reactive ketones (excluding diaryl/α,β-unsaturated/α-hetero) is 1. The van der Waals surface area contributed by atoms with Crippen LogP contribution in [0.2, 0.25) is 5.02 Å². The molecule has 15 heavy (non-hydrogen) atoms. The van der Waals surface area contributed by atoms with Crippen LogP contribution in [0.1, 0.15) is 16.8 Å². The Bertz CT molecular complexity index is 410. The third-order valence-corrected chi connectivity index (χ3v) is 2.14. The summed E-state index contributed by atoms with van der Waals surface area (Å²) in [5.74, 6) is -3.86. The summed E-state index contributed by atoms with van der Waals surface area (Å²) < 4.78 is 26.1. The number of nitrogens with two attached hydrogens (primary N) is 1. The lowest BCUT2D eigenvalue weighted by atomic mass is 10.1. The highest BCUT2D eigenvalue weighted by Crippen LogP contribution is 2.30. The molecule has 0 bridgehead atoms. The van der Waals surface area contributed by atoms with Crippen LogP contribution in [0, 0.1) is 11.6 Å². The smallest absolute Gasteiger partial charge is 0.170 e. The molecule has 0 radical (unpaired) electrons. The molecule has 1 rings (SSSR count). The van der Waals surface area contributed by atoms with Crippen molar-refractivity contribution in [2.45, 2.75) is 6.42 Å². The third-order valence-electron chi connectivity index (χ3n) is 1.79. The van der Waals surface area contributed by atoms with Crippen LogP contribution in [0.4, 0.5) is 8.78 Å². The summed E-state index contributed by atoms with van der Waals surface area (Å²) in [5, 5.41) is 8.38. The molecule has 1 aromatic carbocycles. The molecular weight excluding hydrogens is 228 g/mol. The number of rotatable bonds is 3. The highest BCUT2D eigenvalue weighted by atomic mass is 35.5. The second-order valence-electron chi connectivity index (χ2n) is 2.84. The first-order chi connectivity index (χ1) is 6.99. The minimum Gasteiger partial charge on any atom is -0.507 e. The van der Waals surface area contributed by atoms with Crippen molar-refractivity contribution >= 4 is 17.4 Å². The average Bonchev–Trinajstić information content (AvgIpc) is 2.15. The molecule has 0 atom stereocenters. The average molecular weight is 236 g/mol. The maximum atomic E-state index is 13.3. The SMILES string of the molecule is NCCC(=O)c1c(O)cc(F)c(Cl)c1F. The number of aromatic hydroxyl groups is 1. The first-order valence-electron chi connectivity index (χ1n) is 4.08. The van der Waals surface area contributed by atoms with E-state index in [0.29, 0.717) is 6.07 Å². The summed E-state index contributed by atoms with van der Waals surface area (Å²) in [5.41, 5.74) is 4.48. The van der Waals surface area contributed by atoms with Crippen LogP contribution in [-0.4, -0.2) is 17.4 Å². The Hall–Kier alpha value is -1.20. The van der Waals surface area contributed by atoms with Crippen molar-refractivity contribution in [2.75, 3.05) is 6.54 Å². The van der Waals surface area contributed by atoms with Gasteiger partial charge in [0, 0.05) is 12.5 Å². The number of carbonyl (C=O) groups excluding carboxylic acids is 1. The zero-order chi connectivity index (χ0) is 11.6. The van der Waals surface area contributed by atoms with Crippen LogP contribution in [0.3, 0.4) is 0 Å². The summed E-state index contributed by atoms with van der Waals surface area (Å²) in [7, 11) is 0. The van der Waals surface area contributed by atoms with Gasteiger partial charge in [0.1, 0.15) is 16.6 Å². The van der Waals surface area contributed by atoms with Gasteiger partial charge in [-0.2, -0.15) is 0 Å². The number of phenols is 1. The van der Waals surface area contributed by atoms with Gasteiger partial charge in [-0.25, -0.2) is 8.78 Å². The lowest BCUT2D eigenvalue weighted by Crippen LogP contribution is -2.10. The normalized spacial score (nSPS) is 10.4. The Morgan fingerprint density at radius 3 is 2.67 bits per heavy atom. The lowest BCUT2D eigenvalue weighted by Gasteiger charge is -2.06. The maximum Gasteiger partial charge on any atom is 0.170 e. The van der Waals surface area contributed by atoms with E-state index >= 15 is 0 Å². The fourth-order valence-electron chi connectivity index (χ4n) is 1.10. The van der Waals surface area contributed by atoms with Crippen molar-refractivity contribution in [1.29, 1.82) is 0 Å². The predicted molar refractivity (Wildman–Crippen MR) is 51.0 cm³/mol. The van der Waals surface area contributed by atoms with Crippen molar-refractivity contribution in [3.05, 3.63) is 28.3 Å². The summed E-state index contributed by atoms with van der Waals surface area (Å²) in [6.07, 6.45) is -0.146. The maximum absolute atomic E-state index is 13.3. The third kappa shape index (κ3) is 2.24. The van der Waals surface area contributed by atoms with Crippen LogP contribution in [0.15, 0.2) is 6.07 Å². The van der Waals surface area contributed by atoms with Gasteiger partial charge >= 0.3 is 0 Å². The van der Waals surface area contributed by atoms with Crippen molar-refractivity contribution < 1.29 is 18.7 Å². The molecule has 0 fully saturated rings. The van der Waals surface area contributed by atoms with E-state index in [1.807, 2.05) is 0 Å². The fraction of sp³-hybridized carbons (Fsp3) is 0.222. The molecule has 0 aliphatic heterocycles. The largest absolute Gasteiger partial charge is 0.507 e. The van der Waals surface area contributed by atoms with Crippen molar-refractivity contribution in [3.63, 3.8) is 0 Å². The van der Waals surface area contributed by atoms with E-state index < -0.39 is 33.8 Å². The Labute approximate surface area is 89.5 Å². The lowest BCUT2D eigenvalue weighted by molar-refractivity contribution is 0.0978. The van der Waals surface area contributed by atoms with Crippen LogP contribution >= 0.6 is 11.6 Å². The Morgan fingerprint density at radius 1 is 1.53 bits per heavy atom. The molecule has 0 aliphatic rings.